The van der Waals surface area contributed by atoms with Crippen LogP contribution in [0, 0.1) is 31.6 Å². The zero-order valence-corrected chi connectivity index (χ0v) is 19.2. The maximum atomic E-state index is 13.9. The van der Waals surface area contributed by atoms with Crippen molar-refractivity contribution >= 4 is 34.5 Å². The van der Waals surface area contributed by atoms with Crippen molar-refractivity contribution in [1.82, 2.24) is 4.90 Å². The third kappa shape index (κ3) is 2.89. The molecule has 0 unspecified atom stereocenters. The Bertz CT molecular complexity index is 1300. The molecule has 3 aromatic carbocycles. The number of Topliss-reactive ketones (excluding diaryl/α,β-unsaturated/α-hetero) is 1. The molecule has 0 radical (unpaired) electrons. The number of nitriles is 2. The van der Waals surface area contributed by atoms with Crippen molar-refractivity contribution in [3.63, 3.8) is 0 Å². The average Bonchev–Trinajstić information content (AvgIpc) is 3.15. The molecule has 0 bridgehead atoms. The van der Waals surface area contributed by atoms with Crippen LogP contribution in [-0.4, -0.2) is 16.7 Å². The molecule has 5 rings (SSSR count). The van der Waals surface area contributed by atoms with Crippen molar-refractivity contribution in [2.45, 2.75) is 18.0 Å². The highest BCUT2D eigenvalue weighted by Crippen LogP contribution is 2.60. The van der Waals surface area contributed by atoms with E-state index in [4.69, 9.17) is 0 Å². The third-order valence-electron chi connectivity index (χ3n) is 6.51. The second-order valence-electron chi connectivity index (χ2n) is 8.06. The maximum absolute atomic E-state index is 13.9. The SMILES string of the molecule is N#CC1(C#N)[C@H](c2ccccc2I)[C@@H](C(=O)c2ccccc2)N2C=Cc3ccccc3[C@@H]21. The fourth-order valence-corrected chi connectivity index (χ4v) is 5.86. The van der Waals surface area contributed by atoms with Crippen LogP contribution in [-0.2, 0) is 0 Å². The Kier molecular flexibility index (Phi) is 5.07. The third-order valence-corrected chi connectivity index (χ3v) is 7.49. The van der Waals surface area contributed by atoms with E-state index >= 15 is 0 Å². The van der Waals surface area contributed by atoms with Gasteiger partial charge in [-0.2, -0.15) is 10.5 Å². The van der Waals surface area contributed by atoms with Gasteiger partial charge in [0.2, 0.25) is 0 Å². The first kappa shape index (κ1) is 20.5. The predicted octanol–water partition coefficient (Wildman–Crippen LogP) is 5.70. The largest absolute Gasteiger partial charge is 0.357 e. The number of nitrogens with zero attached hydrogens (tertiary/aromatic N) is 3. The number of rotatable bonds is 3. The van der Waals surface area contributed by atoms with E-state index < -0.39 is 23.4 Å². The summed E-state index contributed by atoms with van der Waals surface area (Å²) in [4.78, 5) is 15.9. The van der Waals surface area contributed by atoms with Gasteiger partial charge in [0.05, 0.1) is 18.2 Å². The van der Waals surface area contributed by atoms with Crippen molar-refractivity contribution in [3.05, 3.63) is 111 Å². The van der Waals surface area contributed by atoms with Gasteiger partial charge in [0, 0.05) is 21.3 Å². The van der Waals surface area contributed by atoms with Crippen LogP contribution >= 0.6 is 22.6 Å². The second kappa shape index (κ2) is 7.93. The van der Waals surface area contributed by atoms with Crippen molar-refractivity contribution in [1.29, 1.82) is 10.5 Å². The first-order valence-corrected chi connectivity index (χ1v) is 11.4. The molecule has 0 aromatic heterocycles. The Morgan fingerprint density at radius 2 is 1.50 bits per heavy atom. The number of halogens is 1. The Balaban J connectivity index is 1.80. The summed E-state index contributed by atoms with van der Waals surface area (Å²) in [5, 5.41) is 21.1. The van der Waals surface area contributed by atoms with Crippen LogP contribution in [0.3, 0.4) is 0 Å². The van der Waals surface area contributed by atoms with Crippen molar-refractivity contribution in [2.24, 2.45) is 5.41 Å². The van der Waals surface area contributed by atoms with Crippen LogP contribution in [0.5, 0.6) is 0 Å². The lowest BCUT2D eigenvalue weighted by Crippen LogP contribution is -2.38. The van der Waals surface area contributed by atoms with Crippen LogP contribution in [0.25, 0.3) is 6.08 Å². The highest BCUT2D eigenvalue weighted by Gasteiger charge is 2.64. The molecule has 5 heteroatoms. The maximum Gasteiger partial charge on any atom is 0.185 e. The smallest absolute Gasteiger partial charge is 0.185 e. The first-order chi connectivity index (χ1) is 15.6. The van der Waals surface area contributed by atoms with Gasteiger partial charge in [-0.05, 0) is 51.4 Å². The minimum Gasteiger partial charge on any atom is -0.357 e. The summed E-state index contributed by atoms with van der Waals surface area (Å²) in [6.07, 6.45) is 3.85. The molecule has 0 amide bonds. The van der Waals surface area contributed by atoms with Crippen LogP contribution in [0.1, 0.15) is 39.0 Å². The van der Waals surface area contributed by atoms with E-state index in [9.17, 15) is 15.3 Å². The molecule has 1 saturated heterocycles. The number of hydrogen-bond donors (Lipinski definition) is 0. The molecular formula is C27H18IN3O. The second-order valence-corrected chi connectivity index (χ2v) is 9.22. The van der Waals surface area contributed by atoms with Gasteiger partial charge in [-0.1, -0.05) is 72.8 Å². The summed E-state index contributed by atoms with van der Waals surface area (Å²) in [6, 6.07) is 28.2. The van der Waals surface area contributed by atoms with Gasteiger partial charge in [-0.15, -0.1) is 0 Å². The highest BCUT2D eigenvalue weighted by atomic mass is 127. The van der Waals surface area contributed by atoms with Crippen molar-refractivity contribution in [2.75, 3.05) is 0 Å². The lowest BCUT2D eigenvalue weighted by Gasteiger charge is -2.34. The lowest BCUT2D eigenvalue weighted by molar-refractivity contribution is 0.0874. The van der Waals surface area contributed by atoms with Crippen molar-refractivity contribution < 1.29 is 4.79 Å². The monoisotopic (exact) mass is 527 g/mol. The zero-order chi connectivity index (χ0) is 22.3. The quantitative estimate of drug-likeness (QED) is 0.324. The van der Waals surface area contributed by atoms with Crippen molar-refractivity contribution in [3.8, 4) is 12.1 Å². The van der Waals surface area contributed by atoms with Gasteiger partial charge in [0.25, 0.3) is 0 Å². The lowest BCUT2D eigenvalue weighted by atomic mass is 9.67. The van der Waals surface area contributed by atoms with Gasteiger partial charge in [-0.3, -0.25) is 4.79 Å². The van der Waals surface area contributed by atoms with Gasteiger partial charge < -0.3 is 4.90 Å². The highest BCUT2D eigenvalue weighted by molar-refractivity contribution is 14.1. The molecule has 2 heterocycles. The summed E-state index contributed by atoms with van der Waals surface area (Å²) >= 11 is 2.23. The zero-order valence-electron chi connectivity index (χ0n) is 17.0. The van der Waals surface area contributed by atoms with Crippen LogP contribution in [0.15, 0.2) is 85.1 Å². The molecule has 0 aliphatic carbocycles. The van der Waals surface area contributed by atoms with E-state index in [1.807, 2.05) is 83.9 Å². The number of benzene rings is 3. The van der Waals surface area contributed by atoms with E-state index in [0.29, 0.717) is 5.56 Å². The molecule has 32 heavy (non-hydrogen) atoms. The standard InChI is InChI=1S/C27H18IN3O/c28-22-13-7-6-12-21(22)23-24(25(32)19-9-2-1-3-10-19)31-15-14-18-8-4-5-11-20(18)26(31)27(23,16-29)17-30/h1-15,23-24,26H/t23-,24+,26-/m1/s1. The van der Waals surface area contributed by atoms with Gasteiger partial charge in [0.15, 0.2) is 11.2 Å². The summed E-state index contributed by atoms with van der Waals surface area (Å²) < 4.78 is 0.938. The summed E-state index contributed by atoms with van der Waals surface area (Å²) in [5.41, 5.74) is 1.87. The van der Waals surface area contributed by atoms with Crippen LogP contribution < -0.4 is 0 Å². The normalized spacial score (nSPS) is 22.3. The summed E-state index contributed by atoms with van der Waals surface area (Å²) in [5.74, 6) is -0.698. The van der Waals surface area contributed by atoms with Gasteiger partial charge >= 0.3 is 0 Å². The fourth-order valence-electron chi connectivity index (χ4n) is 5.14. The Morgan fingerprint density at radius 1 is 0.875 bits per heavy atom. The Morgan fingerprint density at radius 3 is 2.19 bits per heavy atom. The van der Waals surface area contributed by atoms with E-state index in [-0.39, 0.29) is 5.78 Å². The number of hydrogen-bond acceptors (Lipinski definition) is 4. The van der Waals surface area contributed by atoms with E-state index in [1.165, 1.54) is 0 Å². The molecule has 0 spiro atoms. The molecule has 1 fully saturated rings. The summed E-state index contributed by atoms with van der Waals surface area (Å²) in [7, 11) is 0. The Labute approximate surface area is 200 Å². The average molecular weight is 527 g/mol. The number of fused-ring (bicyclic) bond motifs is 3. The molecule has 0 N–H and O–H groups in total. The fraction of sp³-hybridized carbons (Fsp3) is 0.148. The van der Waals surface area contributed by atoms with E-state index in [0.717, 1.165) is 20.3 Å². The van der Waals surface area contributed by atoms with E-state index in [1.54, 1.807) is 12.1 Å². The molecule has 2 aliphatic heterocycles. The molecule has 154 valence electrons. The van der Waals surface area contributed by atoms with Gasteiger partial charge in [0.1, 0.15) is 6.04 Å². The van der Waals surface area contributed by atoms with Crippen LogP contribution in [0.4, 0.5) is 0 Å². The van der Waals surface area contributed by atoms with E-state index in [2.05, 4.69) is 34.7 Å². The number of carbonyl (C=O) groups is 1. The number of ketones is 1. The van der Waals surface area contributed by atoms with Crippen LogP contribution in [0.2, 0.25) is 0 Å². The Hall–Kier alpha value is -3.42. The molecule has 0 saturated carbocycles. The first-order valence-electron chi connectivity index (χ1n) is 10.3. The topological polar surface area (TPSA) is 67.9 Å². The van der Waals surface area contributed by atoms with Gasteiger partial charge in [-0.25, -0.2) is 0 Å². The molecular weight excluding hydrogens is 509 g/mol. The molecule has 4 nitrogen and oxygen atoms in total. The minimum absolute atomic E-state index is 0.0864. The minimum atomic E-state index is -1.43. The molecule has 2 aliphatic rings. The molecule has 3 aromatic rings. The summed E-state index contributed by atoms with van der Waals surface area (Å²) in [6.45, 7) is 0. The number of carbonyl (C=O) groups excluding carboxylic acids is 1. The predicted molar refractivity (Wildman–Crippen MR) is 130 cm³/mol. The molecule has 3 atom stereocenters.